The van der Waals surface area contributed by atoms with Crippen molar-refractivity contribution in [1.29, 1.82) is 0 Å². The number of alkyl halides is 1. The topological polar surface area (TPSA) is 358 Å². The first-order valence-corrected chi connectivity index (χ1v) is 46.7. The summed E-state index contributed by atoms with van der Waals surface area (Å²) in [5, 5.41) is 54.2. The van der Waals surface area contributed by atoms with E-state index in [9.17, 15) is 35.9 Å². The highest BCUT2D eigenvalue weighted by Crippen LogP contribution is 2.38. The van der Waals surface area contributed by atoms with Crippen LogP contribution in [0.4, 0.5) is 55.4 Å². The first kappa shape index (κ1) is 99.7. The number of Topliss-reactive ketones (excluding diaryl/α,β-unsaturated/α-hetero) is 2. The molecule has 34 nitrogen and oxygen atoms in total. The molecule has 15 heterocycles. The monoisotopic (exact) mass is 1950 g/mol. The van der Waals surface area contributed by atoms with Gasteiger partial charge in [0, 0.05) is 113 Å². The molecule has 744 valence electrons. The fourth-order valence-electron chi connectivity index (χ4n) is 16.8. The lowest BCUT2D eigenvalue weighted by atomic mass is 10.1. The van der Waals surface area contributed by atoms with Crippen LogP contribution in [0.5, 0.6) is 28.7 Å². The summed E-state index contributed by atoms with van der Waals surface area (Å²) in [6.45, 7) is 35.8. The number of rotatable bonds is 9. The number of nitrogens with zero attached hydrogens (tertiary/aromatic N) is 17. The average molecular weight is 1960 g/mol. The van der Waals surface area contributed by atoms with Crippen molar-refractivity contribution >= 4 is 97.4 Å². The van der Waals surface area contributed by atoms with Gasteiger partial charge in [0.05, 0.1) is 121 Å². The fourth-order valence-corrected chi connectivity index (χ4v) is 16.8. The van der Waals surface area contributed by atoms with Crippen molar-refractivity contribution in [1.82, 2.24) is 109 Å². The van der Waals surface area contributed by atoms with Crippen molar-refractivity contribution in [3.63, 3.8) is 0 Å². The highest BCUT2D eigenvalue weighted by Gasteiger charge is 2.31. The molecule has 0 saturated carbocycles. The summed E-state index contributed by atoms with van der Waals surface area (Å²) in [5.41, 5.74) is 13.5. The minimum absolute atomic E-state index is 0.0300. The SMILES string of the molecule is C=C1NC[C@@H](C(=O)CC)Oc2ccc(F)cc2[C@@H](C)Nc2ccn3ncc1c3n2.C=C1NC[C@H](C(=O)CC)Oc2ccc(F)cc2[C@@H](C)Nc2ccn3ncc1c3n2.C=C1NC[C@H](CN(C)C)Oc2ccc(F)cc2[C@@H](C)Nc2ccn3ncc1c3n2.C=C1N[C@@H](CN(C)C)COc2ccc(F)cc2[C@@H](C)Nc2ccn3ncc1c3n2.C=C1N[C@H](CF)COc2ccc(F)cc2[C@@H](C)Nc2ccn3ncc1c3n2. The van der Waals surface area contributed by atoms with Crippen LogP contribution >= 0.6 is 0 Å². The summed E-state index contributed by atoms with van der Waals surface area (Å²) >= 11 is 0. The number of ether oxygens (including phenoxy) is 5. The molecule has 5 aliphatic heterocycles. The molecule has 143 heavy (non-hydrogen) atoms. The van der Waals surface area contributed by atoms with E-state index in [0.717, 1.165) is 51.3 Å². The van der Waals surface area contributed by atoms with Crippen LogP contribution in [0.3, 0.4) is 0 Å². The molecular weight excluding hydrogens is 1840 g/mol. The molecular formula is C103H113F6N27O7. The predicted molar refractivity (Wildman–Crippen MR) is 538 cm³/mol. The van der Waals surface area contributed by atoms with Gasteiger partial charge in [0.25, 0.3) is 0 Å². The fraction of sp³-hybridized carbons (Fsp3) is 0.301. The number of ketones is 2. The van der Waals surface area contributed by atoms with Crippen LogP contribution in [0.25, 0.3) is 56.7 Å². The Balaban J connectivity index is 0.000000128. The second-order valence-electron chi connectivity index (χ2n) is 35.5. The van der Waals surface area contributed by atoms with Gasteiger partial charge in [-0.1, -0.05) is 46.7 Å². The molecule has 0 fully saturated rings. The summed E-state index contributed by atoms with van der Waals surface area (Å²) in [4.78, 5) is 52.4. The number of halogens is 6. The van der Waals surface area contributed by atoms with Crippen molar-refractivity contribution in [3.8, 4) is 28.7 Å². The summed E-state index contributed by atoms with van der Waals surface area (Å²) in [7, 11) is 7.99. The van der Waals surface area contributed by atoms with Gasteiger partial charge < -0.3 is 86.7 Å². The zero-order chi connectivity index (χ0) is 101. The highest BCUT2D eigenvalue weighted by molar-refractivity contribution is 5.85. The summed E-state index contributed by atoms with van der Waals surface area (Å²) in [5.74, 6) is 3.98. The number of aromatic nitrogens is 15. The largest absolute Gasteiger partial charge is 0.491 e. The van der Waals surface area contributed by atoms with Gasteiger partial charge in [-0.2, -0.15) is 25.5 Å². The molecule has 10 atom stereocenters. The van der Waals surface area contributed by atoms with E-state index in [1.165, 1.54) is 60.7 Å². The molecule has 40 heteroatoms. The van der Waals surface area contributed by atoms with Gasteiger partial charge in [0.2, 0.25) is 0 Å². The Morgan fingerprint density at radius 3 is 0.916 bits per heavy atom. The normalized spacial score (nSPS) is 19.5. The maximum Gasteiger partial charge on any atom is 0.174 e. The second-order valence-corrected chi connectivity index (χ2v) is 35.5. The van der Waals surface area contributed by atoms with Crippen molar-refractivity contribution in [2.45, 2.75) is 122 Å². The number of carbonyl (C=O) groups excluding carboxylic acids is 2. The van der Waals surface area contributed by atoms with Gasteiger partial charge in [-0.3, -0.25) is 9.59 Å². The third-order valence-corrected chi connectivity index (χ3v) is 24.3. The zero-order valence-electron chi connectivity index (χ0n) is 80.9. The molecule has 10 aromatic heterocycles. The maximum absolute atomic E-state index is 14.0. The minimum atomic E-state index is -0.740. The third kappa shape index (κ3) is 23.6. The number of fused-ring (bicyclic) bond motifs is 10. The number of hydrogen-bond donors (Lipinski definition) is 10. The zero-order valence-corrected chi connectivity index (χ0v) is 80.9. The molecule has 5 aromatic carbocycles. The first-order valence-electron chi connectivity index (χ1n) is 46.7. The van der Waals surface area contributed by atoms with E-state index < -0.39 is 24.9 Å². The van der Waals surface area contributed by atoms with Crippen molar-refractivity contribution in [3.05, 3.63) is 301 Å². The van der Waals surface area contributed by atoms with E-state index in [1.807, 2.05) is 87.3 Å². The van der Waals surface area contributed by atoms with Gasteiger partial charge in [0.15, 0.2) is 52.0 Å². The Hall–Kier alpha value is -16.3. The Morgan fingerprint density at radius 2 is 0.622 bits per heavy atom. The summed E-state index contributed by atoms with van der Waals surface area (Å²) in [6.07, 6.45) is 16.5. The van der Waals surface area contributed by atoms with Crippen molar-refractivity contribution in [2.24, 2.45) is 0 Å². The number of carbonyl (C=O) groups is 2. The van der Waals surface area contributed by atoms with Gasteiger partial charge in [-0.15, -0.1) is 0 Å². The quantitative estimate of drug-likeness (QED) is 0.0600. The Labute approximate surface area is 821 Å². The van der Waals surface area contributed by atoms with Gasteiger partial charge in [-0.25, -0.2) is 73.8 Å². The van der Waals surface area contributed by atoms with Crippen LogP contribution in [0.1, 0.15) is 147 Å². The molecule has 10 bridgehead atoms. The van der Waals surface area contributed by atoms with E-state index in [0.29, 0.717) is 158 Å². The molecule has 0 radical (unpaired) electrons. The average Bonchev–Trinajstić information content (AvgIpc) is 1.68. The van der Waals surface area contributed by atoms with Crippen molar-refractivity contribution < 1.29 is 59.6 Å². The van der Waals surface area contributed by atoms with E-state index in [-0.39, 0.29) is 103 Å². The standard InChI is InChI=1S/2C21H25FN6O.2C21H22FN5O2.C19H19F2N5O/c1-13-17-9-15(22)5-6-19(17)29-12-16(11-27(3)4)24-14(2)18-10-23-28-8-7-20(25-13)26-21(18)28;1-13-18-11-24-28-8-7-20(26-21(18)28)25-14(2)17-9-15(22)5-6-19(17)29-16(10-23-13)12-27(3)4;2*1-4-17(28)19-11-23-12(2)16-10-24-27-8-7-20(26-21(16)27)25-13(3)15-9-14(22)5-6-18(15)29-19;1-11-15-7-13(21)3-4-17(15)27-10-14(8-20)23-12(2)16-9-22-26-6-5-18(24-11)25-19(16)26/h5-10,13,16,24H,2,11-12H2,1,3-4H3,(H,25,26);5-9,11,14,16,23H,1,10,12H2,2-4H3,(H,25,26);2*5-10,13,19,23H,2,4,11H2,1,3H3,(H,25,26);3-7,9,11,14,23H,2,8,10H2,1H3,(H,24,25)/t13-,16+;14-,16-;13-,19+;13-,19-;11-,14-/m11111/s1. The number of benzene rings is 5. The van der Waals surface area contributed by atoms with Crippen LogP contribution < -0.4 is 76.9 Å². The Morgan fingerprint density at radius 1 is 0.357 bits per heavy atom. The van der Waals surface area contributed by atoms with Crippen LogP contribution in [0, 0.1) is 29.1 Å². The van der Waals surface area contributed by atoms with Gasteiger partial charge in [-0.05, 0) is 184 Å². The molecule has 5 aliphatic rings. The Bertz CT molecular complexity index is 7070. The highest BCUT2D eigenvalue weighted by atomic mass is 19.1. The van der Waals surface area contributed by atoms with E-state index in [1.54, 1.807) is 135 Å². The molecule has 0 saturated heterocycles. The number of nitrogens with one attached hydrogen (secondary N) is 10. The number of anilines is 5. The molecule has 0 amide bonds. The lowest BCUT2D eigenvalue weighted by Crippen LogP contribution is -2.41. The minimum Gasteiger partial charge on any atom is -0.491 e. The van der Waals surface area contributed by atoms with Crippen LogP contribution in [0.2, 0.25) is 0 Å². The second kappa shape index (κ2) is 44.1. The van der Waals surface area contributed by atoms with E-state index in [4.69, 9.17) is 28.7 Å². The lowest BCUT2D eigenvalue weighted by Gasteiger charge is -2.26. The first-order chi connectivity index (χ1) is 68.8. The number of likely N-dealkylation sites (N-methyl/N-ethyl adjacent to an activating group) is 2. The van der Waals surface area contributed by atoms with Gasteiger partial charge >= 0.3 is 0 Å². The predicted octanol–water partition coefficient (Wildman–Crippen LogP) is 15.9. The summed E-state index contributed by atoms with van der Waals surface area (Å²) in [6, 6.07) is 29.2. The van der Waals surface area contributed by atoms with Crippen LogP contribution in [0.15, 0.2) is 216 Å². The third-order valence-electron chi connectivity index (χ3n) is 24.3. The smallest absolute Gasteiger partial charge is 0.174 e. The summed E-state index contributed by atoms with van der Waals surface area (Å²) < 4.78 is 122. The molecule has 10 N–H and O–H groups in total. The van der Waals surface area contributed by atoms with E-state index >= 15 is 0 Å². The Kier molecular flexibility index (Phi) is 30.7. The van der Waals surface area contributed by atoms with Gasteiger partial charge in [0.1, 0.15) is 113 Å². The lowest BCUT2D eigenvalue weighted by molar-refractivity contribution is -0.125. The molecule has 20 rings (SSSR count). The van der Waals surface area contributed by atoms with E-state index in [2.05, 4.69) is 141 Å². The molecule has 15 aromatic rings. The molecule has 0 aliphatic carbocycles. The van der Waals surface area contributed by atoms with Crippen LogP contribution in [-0.2, 0) is 9.59 Å². The molecule has 0 spiro atoms. The number of hydrogen-bond acceptors (Lipinski definition) is 29. The molecule has 0 unspecified atom stereocenters. The maximum atomic E-state index is 14.0. The van der Waals surface area contributed by atoms with Crippen molar-refractivity contribution in [2.75, 3.05) is 107 Å². The van der Waals surface area contributed by atoms with Crippen LogP contribution in [-0.4, -0.2) is 206 Å².